The van der Waals surface area contributed by atoms with Gasteiger partial charge in [0, 0.05) is 13.1 Å². The van der Waals surface area contributed by atoms with Crippen LogP contribution in [0, 0.1) is 13.8 Å². The number of alkyl halides is 3. The summed E-state index contributed by atoms with van der Waals surface area (Å²) in [4.78, 5) is 12.7. The van der Waals surface area contributed by atoms with E-state index in [1.165, 1.54) is 16.8 Å². The number of aromatic hydroxyl groups is 1. The van der Waals surface area contributed by atoms with Gasteiger partial charge in [0.25, 0.3) is 5.56 Å². The van der Waals surface area contributed by atoms with E-state index in [-0.39, 0.29) is 22.8 Å². The van der Waals surface area contributed by atoms with E-state index in [0.717, 1.165) is 12.8 Å². The van der Waals surface area contributed by atoms with E-state index in [2.05, 4.69) is 0 Å². The Morgan fingerprint density at radius 2 is 1.64 bits per heavy atom. The number of hydrogen-bond acceptors (Lipinski definition) is 3. The van der Waals surface area contributed by atoms with Gasteiger partial charge in [-0.05, 0) is 55.5 Å². The highest BCUT2D eigenvalue weighted by Gasteiger charge is 2.29. The van der Waals surface area contributed by atoms with Gasteiger partial charge in [-0.2, -0.15) is 13.2 Å². The van der Waals surface area contributed by atoms with Crippen molar-refractivity contribution in [2.75, 3.05) is 6.61 Å². The fourth-order valence-electron chi connectivity index (χ4n) is 3.34. The molecule has 3 rings (SSSR count). The van der Waals surface area contributed by atoms with Crippen LogP contribution in [0.5, 0.6) is 11.6 Å². The second kappa shape index (κ2) is 6.16. The SMILES string of the molecule is Cc1cc(OCC(F)(F)F)cc(C)c1-c1c(O)n2n(c1=O)CCCC2. The summed E-state index contributed by atoms with van der Waals surface area (Å²) in [5, 5.41) is 10.5. The molecular weight excluding hydrogens is 337 g/mol. The predicted octanol–water partition coefficient (Wildman–Crippen LogP) is 3.37. The van der Waals surface area contributed by atoms with Gasteiger partial charge in [-0.3, -0.25) is 9.48 Å². The van der Waals surface area contributed by atoms with Crippen LogP contribution in [-0.4, -0.2) is 27.3 Å². The lowest BCUT2D eigenvalue weighted by Gasteiger charge is -2.17. The molecule has 0 radical (unpaired) electrons. The van der Waals surface area contributed by atoms with E-state index in [1.807, 2.05) is 0 Å². The zero-order chi connectivity index (χ0) is 18.4. The van der Waals surface area contributed by atoms with Crippen LogP contribution >= 0.6 is 0 Å². The Balaban J connectivity index is 2.05. The molecular formula is C17H19F3N2O3. The van der Waals surface area contributed by atoms with Crippen molar-refractivity contribution >= 4 is 0 Å². The first-order valence-corrected chi connectivity index (χ1v) is 8.03. The lowest BCUT2D eigenvalue weighted by molar-refractivity contribution is -0.153. The lowest BCUT2D eigenvalue weighted by Crippen LogP contribution is -2.27. The molecule has 0 spiro atoms. The molecule has 2 heterocycles. The van der Waals surface area contributed by atoms with Crippen molar-refractivity contribution in [1.82, 2.24) is 9.36 Å². The van der Waals surface area contributed by atoms with Gasteiger partial charge < -0.3 is 9.84 Å². The summed E-state index contributed by atoms with van der Waals surface area (Å²) >= 11 is 0. The summed E-state index contributed by atoms with van der Waals surface area (Å²) in [6, 6.07) is 2.91. The molecule has 2 aromatic rings. The maximum Gasteiger partial charge on any atom is 0.422 e. The summed E-state index contributed by atoms with van der Waals surface area (Å²) in [7, 11) is 0. The molecule has 5 nitrogen and oxygen atoms in total. The maximum absolute atomic E-state index is 12.7. The number of benzene rings is 1. The average molecular weight is 356 g/mol. The topological polar surface area (TPSA) is 56.4 Å². The van der Waals surface area contributed by atoms with Gasteiger partial charge in [0.15, 0.2) is 6.61 Å². The number of halogens is 3. The third-order valence-electron chi connectivity index (χ3n) is 4.36. The fourth-order valence-corrected chi connectivity index (χ4v) is 3.34. The minimum absolute atomic E-state index is 0.0830. The highest BCUT2D eigenvalue weighted by Crippen LogP contribution is 2.35. The highest BCUT2D eigenvalue weighted by molar-refractivity contribution is 5.75. The zero-order valence-electron chi connectivity index (χ0n) is 14.0. The predicted molar refractivity (Wildman–Crippen MR) is 86.1 cm³/mol. The molecule has 8 heteroatoms. The minimum atomic E-state index is -4.42. The Morgan fingerprint density at radius 3 is 2.16 bits per heavy atom. The minimum Gasteiger partial charge on any atom is -0.493 e. The monoisotopic (exact) mass is 356 g/mol. The molecule has 136 valence electrons. The van der Waals surface area contributed by atoms with Gasteiger partial charge >= 0.3 is 6.18 Å². The van der Waals surface area contributed by atoms with Crippen LogP contribution in [0.3, 0.4) is 0 Å². The van der Waals surface area contributed by atoms with Gasteiger partial charge in [0.2, 0.25) is 5.88 Å². The molecule has 0 bridgehead atoms. The Hall–Kier alpha value is -2.38. The summed E-state index contributed by atoms with van der Waals surface area (Å²) in [5.74, 6) is -0.0144. The Labute approximate surface area is 142 Å². The first kappa shape index (κ1) is 17.4. The van der Waals surface area contributed by atoms with Crippen molar-refractivity contribution in [2.24, 2.45) is 0 Å². The zero-order valence-corrected chi connectivity index (χ0v) is 14.0. The number of aromatic nitrogens is 2. The quantitative estimate of drug-likeness (QED) is 0.917. The van der Waals surface area contributed by atoms with E-state index in [1.54, 1.807) is 18.5 Å². The van der Waals surface area contributed by atoms with Crippen molar-refractivity contribution in [2.45, 2.75) is 46.0 Å². The number of aryl methyl sites for hydroxylation is 2. The normalized spacial score (nSPS) is 14.4. The lowest BCUT2D eigenvalue weighted by atomic mass is 9.97. The number of fused-ring (bicyclic) bond motifs is 1. The van der Waals surface area contributed by atoms with Crippen molar-refractivity contribution < 1.29 is 23.0 Å². The van der Waals surface area contributed by atoms with Crippen molar-refractivity contribution in [3.05, 3.63) is 33.6 Å². The molecule has 1 aliphatic rings. The third kappa shape index (κ3) is 3.25. The summed E-state index contributed by atoms with van der Waals surface area (Å²) in [6.45, 7) is 3.09. The van der Waals surface area contributed by atoms with Crippen LogP contribution in [0.1, 0.15) is 24.0 Å². The van der Waals surface area contributed by atoms with E-state index >= 15 is 0 Å². The molecule has 1 aliphatic heterocycles. The van der Waals surface area contributed by atoms with Crippen molar-refractivity contribution in [1.29, 1.82) is 0 Å². The molecule has 0 aliphatic carbocycles. The average Bonchev–Trinajstić information content (AvgIpc) is 2.77. The van der Waals surface area contributed by atoms with Crippen LogP contribution in [-0.2, 0) is 13.1 Å². The van der Waals surface area contributed by atoms with Gasteiger partial charge in [-0.1, -0.05) is 0 Å². The fraction of sp³-hybridized carbons (Fsp3) is 0.471. The molecule has 0 atom stereocenters. The largest absolute Gasteiger partial charge is 0.493 e. The smallest absolute Gasteiger partial charge is 0.422 e. The maximum atomic E-state index is 12.7. The number of rotatable bonds is 3. The second-order valence-electron chi connectivity index (χ2n) is 6.29. The number of hydrogen-bond donors (Lipinski definition) is 1. The first-order chi connectivity index (χ1) is 11.7. The Kier molecular flexibility index (Phi) is 4.30. The van der Waals surface area contributed by atoms with Gasteiger partial charge in [0.05, 0.1) is 0 Å². The van der Waals surface area contributed by atoms with E-state index < -0.39 is 12.8 Å². The summed E-state index contributed by atoms with van der Waals surface area (Å²) in [6.07, 6.45) is -2.67. The van der Waals surface area contributed by atoms with Crippen LogP contribution < -0.4 is 10.3 Å². The second-order valence-corrected chi connectivity index (χ2v) is 6.29. The highest BCUT2D eigenvalue weighted by atomic mass is 19.4. The molecule has 0 amide bonds. The van der Waals surface area contributed by atoms with Crippen molar-refractivity contribution in [3.63, 3.8) is 0 Å². The van der Waals surface area contributed by atoms with E-state index in [9.17, 15) is 23.1 Å². The van der Waals surface area contributed by atoms with Crippen LogP contribution in [0.15, 0.2) is 16.9 Å². The molecule has 1 aromatic carbocycles. The molecule has 0 saturated heterocycles. The van der Waals surface area contributed by atoms with Crippen LogP contribution in [0.4, 0.5) is 13.2 Å². The molecule has 0 saturated carbocycles. The van der Waals surface area contributed by atoms with E-state index in [4.69, 9.17) is 4.74 Å². The first-order valence-electron chi connectivity index (χ1n) is 8.03. The summed E-state index contributed by atoms with van der Waals surface area (Å²) in [5.41, 5.74) is 1.60. The van der Waals surface area contributed by atoms with Crippen molar-refractivity contribution in [3.8, 4) is 22.8 Å². The van der Waals surface area contributed by atoms with Gasteiger partial charge in [-0.25, -0.2) is 4.68 Å². The molecule has 1 aromatic heterocycles. The Morgan fingerprint density at radius 1 is 1.08 bits per heavy atom. The van der Waals surface area contributed by atoms with Gasteiger partial charge in [0.1, 0.15) is 11.3 Å². The third-order valence-corrected chi connectivity index (χ3v) is 4.36. The van der Waals surface area contributed by atoms with E-state index in [0.29, 0.717) is 29.8 Å². The molecule has 0 unspecified atom stereocenters. The Bertz CT molecular complexity index is 842. The molecule has 1 N–H and O–H groups in total. The van der Waals surface area contributed by atoms with Crippen LogP contribution in [0.25, 0.3) is 11.1 Å². The molecule has 0 fully saturated rings. The molecule has 25 heavy (non-hydrogen) atoms. The standard InChI is InChI=1S/C17H19F3N2O3/c1-10-7-12(25-9-17(18,19)20)8-11(2)13(10)14-15(23)21-5-3-4-6-22(21)16(14)24/h7-8,23H,3-6,9H2,1-2H3. The summed E-state index contributed by atoms with van der Waals surface area (Å²) < 4.78 is 44.8. The van der Waals surface area contributed by atoms with Gasteiger partial charge in [-0.15, -0.1) is 0 Å². The number of nitrogens with zero attached hydrogens (tertiary/aromatic N) is 2. The van der Waals surface area contributed by atoms with Crippen LogP contribution in [0.2, 0.25) is 0 Å². The number of ether oxygens (including phenoxy) is 1.